The van der Waals surface area contributed by atoms with E-state index in [-0.39, 0.29) is 0 Å². The van der Waals surface area contributed by atoms with E-state index in [0.717, 1.165) is 45.9 Å². The van der Waals surface area contributed by atoms with Gasteiger partial charge in [-0.25, -0.2) is 14.0 Å². The van der Waals surface area contributed by atoms with Crippen molar-refractivity contribution >= 4 is 44.7 Å². The lowest BCUT2D eigenvalue weighted by molar-refractivity contribution is 0.392. The summed E-state index contributed by atoms with van der Waals surface area (Å²) in [4.78, 5) is 4.96. The van der Waals surface area contributed by atoms with Crippen LogP contribution >= 0.6 is 23.2 Å². The Labute approximate surface area is 276 Å². The molecular formula is C34H28Cl2N6O3S. The first kappa shape index (κ1) is 30.0. The Morgan fingerprint density at radius 2 is 1.65 bits per heavy atom. The quantitative estimate of drug-likeness (QED) is 0.182. The van der Waals surface area contributed by atoms with E-state index in [1.165, 1.54) is 18.4 Å². The third-order valence-electron chi connectivity index (χ3n) is 7.98. The second kappa shape index (κ2) is 12.3. The number of allylic oxidation sites excluding steroid dienone is 2. The number of imidazole rings is 1. The molecule has 1 aliphatic heterocycles. The fraction of sp³-hybridized carbons (Fsp3) is 0.147. The molecule has 12 heteroatoms. The maximum absolute atomic E-state index is 12.5. The van der Waals surface area contributed by atoms with Crippen LogP contribution in [0.3, 0.4) is 0 Å². The highest BCUT2D eigenvalue weighted by Gasteiger charge is 2.29. The van der Waals surface area contributed by atoms with Gasteiger partial charge in [-0.15, -0.1) is 5.10 Å². The van der Waals surface area contributed by atoms with Crippen molar-refractivity contribution in [3.63, 3.8) is 0 Å². The standard InChI is InChI=1S/C34H28Cl2N6O3S/c35-25-13-14-28(29(36)18-25)32-20-41(26-7-4-8-27(19-26)42-21-34(43)40-46(42,44)45)33(37-32)17-22-9-11-24(12-10-22)31-16-15-30(38-39-31)23-5-2-1-3-6-23/h4-5,7-16,18-21,40,43H,1-3,6,17H2. The van der Waals surface area contributed by atoms with Crippen LogP contribution in [0, 0.1) is 0 Å². The zero-order valence-electron chi connectivity index (χ0n) is 24.4. The molecule has 9 nitrogen and oxygen atoms in total. The van der Waals surface area contributed by atoms with E-state index in [1.807, 2.05) is 59.3 Å². The van der Waals surface area contributed by atoms with Gasteiger partial charge in [0.25, 0.3) is 0 Å². The molecule has 232 valence electrons. The first-order chi connectivity index (χ1) is 22.2. The molecule has 2 N–H and O–H groups in total. The smallest absolute Gasteiger partial charge is 0.330 e. The molecule has 2 aliphatic rings. The number of aromatic nitrogens is 4. The van der Waals surface area contributed by atoms with Gasteiger partial charge in [-0.1, -0.05) is 59.6 Å². The fourth-order valence-electron chi connectivity index (χ4n) is 5.68. The minimum Gasteiger partial charge on any atom is -0.493 e. The lowest BCUT2D eigenvalue weighted by Gasteiger charge is -2.16. The number of halogens is 2. The van der Waals surface area contributed by atoms with E-state index < -0.39 is 16.1 Å². The third-order valence-corrected chi connectivity index (χ3v) is 9.83. The van der Waals surface area contributed by atoms with Crippen LogP contribution in [-0.2, 0) is 16.6 Å². The first-order valence-corrected chi connectivity index (χ1v) is 16.9. The third kappa shape index (κ3) is 6.11. The molecule has 0 saturated carbocycles. The minimum atomic E-state index is -3.96. The molecule has 5 aromatic rings. The van der Waals surface area contributed by atoms with Gasteiger partial charge in [0.15, 0.2) is 0 Å². The molecule has 1 aliphatic carbocycles. The Kier molecular flexibility index (Phi) is 8.02. The van der Waals surface area contributed by atoms with Crippen molar-refractivity contribution < 1.29 is 13.5 Å². The van der Waals surface area contributed by atoms with Gasteiger partial charge < -0.3 is 9.67 Å². The summed E-state index contributed by atoms with van der Waals surface area (Å²) in [6, 6.07) is 24.4. The normalized spacial score (nSPS) is 15.7. The zero-order chi connectivity index (χ0) is 31.8. The van der Waals surface area contributed by atoms with Crippen LogP contribution in [0.2, 0.25) is 10.0 Å². The highest BCUT2D eigenvalue weighted by Crippen LogP contribution is 2.33. The number of hydrogen-bond donors (Lipinski definition) is 2. The summed E-state index contributed by atoms with van der Waals surface area (Å²) in [6.45, 7) is 0. The summed E-state index contributed by atoms with van der Waals surface area (Å²) in [5.41, 5.74) is 7.35. The highest BCUT2D eigenvalue weighted by atomic mass is 35.5. The molecule has 0 amide bonds. The SMILES string of the molecule is O=S1(=O)NC(O)=CN1c1cccc(-n2cc(-c3ccc(Cl)cc3Cl)nc2Cc2ccc(-c3ccc(C4=CCCCC4)nn3)cc2)c1. The molecule has 46 heavy (non-hydrogen) atoms. The van der Waals surface area contributed by atoms with E-state index in [1.54, 1.807) is 30.3 Å². The van der Waals surface area contributed by atoms with Crippen LogP contribution < -0.4 is 9.03 Å². The molecule has 3 heterocycles. The van der Waals surface area contributed by atoms with Crippen molar-refractivity contribution in [1.29, 1.82) is 0 Å². The minimum absolute atomic E-state index is 0.344. The number of nitrogens with one attached hydrogen (secondary N) is 1. The van der Waals surface area contributed by atoms with Crippen molar-refractivity contribution in [2.45, 2.75) is 32.1 Å². The van der Waals surface area contributed by atoms with Gasteiger partial charge in [-0.3, -0.25) is 0 Å². The van der Waals surface area contributed by atoms with Crippen LogP contribution in [0.5, 0.6) is 0 Å². The molecular weight excluding hydrogens is 643 g/mol. The number of aliphatic hydroxyl groups excluding tert-OH is 1. The van der Waals surface area contributed by atoms with Gasteiger partial charge in [0.2, 0.25) is 5.88 Å². The first-order valence-electron chi connectivity index (χ1n) is 14.7. The van der Waals surface area contributed by atoms with Gasteiger partial charge in [0.05, 0.1) is 34.0 Å². The lowest BCUT2D eigenvalue weighted by atomic mass is 9.97. The predicted octanol–water partition coefficient (Wildman–Crippen LogP) is 7.86. The maximum atomic E-state index is 12.5. The van der Waals surface area contributed by atoms with Gasteiger partial charge >= 0.3 is 10.2 Å². The van der Waals surface area contributed by atoms with E-state index in [0.29, 0.717) is 44.9 Å². The molecule has 0 unspecified atom stereocenters. The van der Waals surface area contributed by atoms with Crippen molar-refractivity contribution in [2.75, 3.05) is 4.31 Å². The molecule has 0 saturated heterocycles. The Balaban J connectivity index is 1.21. The topological polar surface area (TPSA) is 113 Å². The Hall–Kier alpha value is -4.64. The second-order valence-corrected chi connectivity index (χ2v) is 13.5. The summed E-state index contributed by atoms with van der Waals surface area (Å²) < 4.78 is 30.1. The summed E-state index contributed by atoms with van der Waals surface area (Å²) in [7, 11) is -3.96. The summed E-state index contributed by atoms with van der Waals surface area (Å²) >= 11 is 12.7. The van der Waals surface area contributed by atoms with Crippen molar-refractivity contribution in [3.8, 4) is 28.2 Å². The van der Waals surface area contributed by atoms with Crippen molar-refractivity contribution in [1.82, 2.24) is 24.5 Å². The van der Waals surface area contributed by atoms with E-state index in [9.17, 15) is 13.5 Å². The fourth-order valence-corrected chi connectivity index (χ4v) is 7.23. The largest absolute Gasteiger partial charge is 0.493 e. The average Bonchev–Trinajstić information content (AvgIpc) is 3.60. The highest BCUT2D eigenvalue weighted by molar-refractivity contribution is 7.91. The molecule has 7 rings (SSSR count). The molecule has 0 spiro atoms. The molecule has 0 radical (unpaired) electrons. The monoisotopic (exact) mass is 670 g/mol. The number of benzene rings is 3. The second-order valence-electron chi connectivity index (χ2n) is 11.1. The van der Waals surface area contributed by atoms with E-state index in [4.69, 9.17) is 28.2 Å². The average molecular weight is 672 g/mol. The molecule has 3 aromatic carbocycles. The number of anilines is 1. The number of nitrogens with zero attached hydrogens (tertiary/aromatic N) is 5. The van der Waals surface area contributed by atoms with Crippen LogP contribution in [0.4, 0.5) is 5.69 Å². The number of rotatable bonds is 7. The van der Waals surface area contributed by atoms with Gasteiger partial charge in [0, 0.05) is 34.5 Å². The zero-order valence-corrected chi connectivity index (χ0v) is 26.8. The predicted molar refractivity (Wildman–Crippen MR) is 181 cm³/mol. The van der Waals surface area contributed by atoms with Gasteiger partial charge in [-0.05, 0) is 85.4 Å². The van der Waals surface area contributed by atoms with Gasteiger partial charge in [-0.2, -0.15) is 13.5 Å². The Morgan fingerprint density at radius 1 is 0.870 bits per heavy atom. The van der Waals surface area contributed by atoms with Gasteiger partial charge in [0.1, 0.15) is 5.82 Å². The Bertz CT molecular complexity index is 2110. The molecule has 0 atom stereocenters. The van der Waals surface area contributed by atoms with Crippen LogP contribution in [0.15, 0.2) is 103 Å². The summed E-state index contributed by atoms with van der Waals surface area (Å²) in [5.74, 6) is 0.247. The maximum Gasteiger partial charge on any atom is 0.330 e. The Morgan fingerprint density at radius 3 is 2.35 bits per heavy atom. The number of hydrogen-bond acceptors (Lipinski definition) is 6. The van der Waals surface area contributed by atoms with E-state index >= 15 is 0 Å². The van der Waals surface area contributed by atoms with Crippen molar-refractivity contribution in [3.05, 3.63) is 130 Å². The van der Waals surface area contributed by atoms with Crippen molar-refractivity contribution in [2.24, 2.45) is 0 Å². The summed E-state index contributed by atoms with van der Waals surface area (Å²) in [5, 5.41) is 19.8. The molecule has 0 fully saturated rings. The molecule has 0 bridgehead atoms. The van der Waals surface area contributed by atoms with Crippen LogP contribution in [0.1, 0.15) is 42.8 Å². The number of aliphatic hydroxyl groups is 1. The molecule has 2 aromatic heterocycles. The van der Waals surface area contributed by atoms with Crippen LogP contribution in [-0.4, -0.2) is 33.3 Å². The lowest BCUT2D eigenvalue weighted by Crippen LogP contribution is -2.29. The van der Waals surface area contributed by atoms with E-state index in [2.05, 4.69) is 21.0 Å². The summed E-state index contributed by atoms with van der Waals surface area (Å²) in [6.07, 6.45) is 10.3. The van der Waals surface area contributed by atoms with Crippen LogP contribution in [0.25, 0.3) is 33.8 Å².